The van der Waals surface area contributed by atoms with Gasteiger partial charge in [0.25, 0.3) is 5.91 Å². The molecule has 2 fully saturated rings. The molecule has 8 heteroatoms. The summed E-state index contributed by atoms with van der Waals surface area (Å²) in [4.78, 5) is 57.4. The number of hydrogen-bond acceptors (Lipinski definition) is 4. The molecule has 1 saturated carbocycles. The van der Waals surface area contributed by atoms with Crippen molar-refractivity contribution in [1.29, 1.82) is 0 Å². The highest BCUT2D eigenvalue weighted by atomic mass is 16.2. The second-order valence-electron chi connectivity index (χ2n) is 10.6. The molecule has 3 aliphatic rings. The van der Waals surface area contributed by atoms with E-state index in [1.54, 1.807) is 12.3 Å². The highest BCUT2D eigenvalue weighted by Crippen LogP contribution is 2.43. The first-order chi connectivity index (χ1) is 18.4. The summed E-state index contributed by atoms with van der Waals surface area (Å²) in [5.41, 5.74) is 3.23. The summed E-state index contributed by atoms with van der Waals surface area (Å²) in [5, 5.41) is 2.93. The topological polar surface area (TPSA) is 103 Å². The number of hydrogen-bond donors (Lipinski definition) is 2. The first-order valence-electron chi connectivity index (χ1n) is 13.2. The monoisotopic (exact) mass is 510 g/mol. The molecule has 2 heterocycles. The number of aromatic nitrogens is 1. The van der Waals surface area contributed by atoms with Crippen LogP contribution in [-0.2, 0) is 28.1 Å². The Hall–Kier alpha value is -4.20. The fourth-order valence-corrected chi connectivity index (χ4v) is 5.86. The van der Waals surface area contributed by atoms with Crippen LogP contribution in [0.4, 0.5) is 4.79 Å². The molecule has 4 amide bonds. The van der Waals surface area contributed by atoms with E-state index in [0.29, 0.717) is 25.3 Å². The molecule has 1 saturated heterocycles. The Morgan fingerprint density at radius 2 is 1.82 bits per heavy atom. The van der Waals surface area contributed by atoms with Gasteiger partial charge in [-0.3, -0.25) is 19.3 Å². The van der Waals surface area contributed by atoms with Gasteiger partial charge in [-0.2, -0.15) is 0 Å². The minimum Gasteiger partial charge on any atom is -0.334 e. The molecule has 1 aromatic heterocycles. The highest BCUT2D eigenvalue weighted by molar-refractivity contribution is 6.10. The molecule has 6 rings (SSSR count). The van der Waals surface area contributed by atoms with Gasteiger partial charge < -0.3 is 15.2 Å². The number of nitrogens with one attached hydrogen (secondary N) is 2. The Balaban J connectivity index is 1.23. The van der Waals surface area contributed by atoms with E-state index in [9.17, 15) is 19.2 Å². The van der Waals surface area contributed by atoms with Gasteiger partial charge in [0.1, 0.15) is 12.1 Å². The Morgan fingerprint density at radius 1 is 1.05 bits per heavy atom. The van der Waals surface area contributed by atoms with Crippen molar-refractivity contribution in [2.24, 2.45) is 5.92 Å². The standard InChI is InChI=1S/C30H30N4O4/c1-19(21-7-8-21)33(17-20-5-3-2-4-6-20)27(36)18-34-28(37)30(32-29(34)38)14-13-23-15-22(9-11-25(23)30)24-10-12-26(35)31-16-24/h2-6,9-12,15-16,19,21H,7-8,13-14,17-18H2,1H3,(H,31,35)(H,32,38)/t19?,30-/m0/s1. The average Bonchev–Trinajstić information content (AvgIpc) is 3.68. The molecule has 1 aliphatic heterocycles. The third-order valence-electron chi connectivity index (χ3n) is 8.23. The second kappa shape index (κ2) is 9.28. The molecular weight excluding hydrogens is 480 g/mol. The van der Waals surface area contributed by atoms with E-state index in [-0.39, 0.29) is 30.0 Å². The first kappa shape index (κ1) is 24.2. The van der Waals surface area contributed by atoms with E-state index in [1.165, 1.54) is 6.07 Å². The molecule has 0 bridgehead atoms. The van der Waals surface area contributed by atoms with Crippen molar-refractivity contribution in [3.05, 3.63) is 93.9 Å². The van der Waals surface area contributed by atoms with E-state index in [0.717, 1.165) is 45.6 Å². The molecular formula is C30H30N4O4. The maximum Gasteiger partial charge on any atom is 0.325 e. The van der Waals surface area contributed by atoms with Crippen molar-refractivity contribution >= 4 is 17.8 Å². The van der Waals surface area contributed by atoms with Gasteiger partial charge in [-0.05, 0) is 72.4 Å². The van der Waals surface area contributed by atoms with Gasteiger partial charge in [0, 0.05) is 24.8 Å². The first-order valence-corrected chi connectivity index (χ1v) is 13.2. The summed E-state index contributed by atoms with van der Waals surface area (Å²) in [5.74, 6) is -0.138. The predicted octanol–water partition coefficient (Wildman–Crippen LogP) is 3.56. The fraction of sp³-hybridized carbons (Fsp3) is 0.333. The van der Waals surface area contributed by atoms with Gasteiger partial charge in [-0.1, -0.05) is 48.5 Å². The molecule has 1 unspecified atom stereocenters. The number of aryl methyl sites for hydroxylation is 1. The zero-order chi connectivity index (χ0) is 26.4. The molecule has 2 atom stereocenters. The molecule has 1 spiro atoms. The molecule has 38 heavy (non-hydrogen) atoms. The number of nitrogens with zero attached hydrogens (tertiary/aromatic N) is 2. The number of fused-ring (bicyclic) bond motifs is 2. The van der Waals surface area contributed by atoms with Crippen LogP contribution >= 0.6 is 0 Å². The predicted molar refractivity (Wildman–Crippen MR) is 142 cm³/mol. The summed E-state index contributed by atoms with van der Waals surface area (Å²) >= 11 is 0. The maximum atomic E-state index is 13.8. The third kappa shape index (κ3) is 4.20. The Bertz CT molecular complexity index is 1460. The van der Waals surface area contributed by atoms with E-state index in [1.807, 2.05) is 53.4 Å². The van der Waals surface area contributed by atoms with E-state index >= 15 is 0 Å². The smallest absolute Gasteiger partial charge is 0.325 e. The van der Waals surface area contributed by atoms with Crippen LogP contribution < -0.4 is 10.9 Å². The number of amides is 4. The number of H-pyrrole nitrogens is 1. The molecule has 194 valence electrons. The number of benzene rings is 2. The largest absolute Gasteiger partial charge is 0.334 e. The third-order valence-corrected chi connectivity index (χ3v) is 8.23. The maximum absolute atomic E-state index is 13.8. The van der Waals surface area contributed by atoms with Crippen molar-refractivity contribution in [1.82, 2.24) is 20.1 Å². The quantitative estimate of drug-likeness (QED) is 0.475. The number of carbonyl (C=O) groups excluding carboxylic acids is 3. The Kier molecular flexibility index (Phi) is 5.90. The van der Waals surface area contributed by atoms with Gasteiger partial charge in [0.15, 0.2) is 0 Å². The summed E-state index contributed by atoms with van der Waals surface area (Å²) in [7, 11) is 0. The summed E-state index contributed by atoms with van der Waals surface area (Å²) in [6.07, 6.45) is 4.90. The number of pyridine rings is 1. The SMILES string of the molecule is CC(C1CC1)N(Cc1ccccc1)C(=O)CN1C(=O)N[C@]2(CCc3cc(-c4ccc(=O)[nH]c4)ccc32)C1=O. The van der Waals surface area contributed by atoms with Gasteiger partial charge in [0.05, 0.1) is 0 Å². The van der Waals surface area contributed by atoms with Gasteiger partial charge in [-0.25, -0.2) is 4.79 Å². The van der Waals surface area contributed by atoms with Gasteiger partial charge in [-0.15, -0.1) is 0 Å². The second-order valence-corrected chi connectivity index (χ2v) is 10.6. The Morgan fingerprint density at radius 3 is 2.53 bits per heavy atom. The number of carbonyl (C=O) groups is 3. The minimum atomic E-state index is -1.15. The van der Waals surface area contributed by atoms with Crippen molar-refractivity contribution in [3.63, 3.8) is 0 Å². The Labute approximate surface area is 220 Å². The van der Waals surface area contributed by atoms with E-state index < -0.39 is 11.6 Å². The summed E-state index contributed by atoms with van der Waals surface area (Å²) in [6.45, 7) is 2.22. The fourth-order valence-electron chi connectivity index (χ4n) is 5.86. The van der Waals surface area contributed by atoms with Gasteiger partial charge >= 0.3 is 6.03 Å². The molecule has 8 nitrogen and oxygen atoms in total. The number of rotatable bonds is 7. The number of imide groups is 1. The van der Waals surface area contributed by atoms with E-state index in [4.69, 9.17) is 0 Å². The summed E-state index contributed by atoms with van der Waals surface area (Å²) < 4.78 is 0. The van der Waals surface area contributed by atoms with Crippen molar-refractivity contribution in [2.75, 3.05) is 6.54 Å². The molecule has 2 aromatic carbocycles. The minimum absolute atomic E-state index is 0.0379. The number of aromatic amines is 1. The van der Waals surface area contributed by atoms with Crippen LogP contribution in [0.5, 0.6) is 0 Å². The van der Waals surface area contributed by atoms with Crippen LogP contribution in [0.2, 0.25) is 0 Å². The molecule has 0 radical (unpaired) electrons. The normalized spacial score (nSPS) is 20.9. The van der Waals surface area contributed by atoms with Crippen LogP contribution in [0.15, 0.2) is 71.7 Å². The van der Waals surface area contributed by atoms with Crippen molar-refractivity contribution in [3.8, 4) is 11.1 Å². The summed E-state index contributed by atoms with van der Waals surface area (Å²) in [6, 6.07) is 18.3. The lowest BCUT2D eigenvalue weighted by Crippen LogP contribution is -2.47. The zero-order valence-corrected chi connectivity index (χ0v) is 21.3. The van der Waals surface area contributed by atoms with Crippen molar-refractivity contribution < 1.29 is 14.4 Å². The van der Waals surface area contributed by atoms with Crippen LogP contribution in [0.1, 0.15) is 42.9 Å². The van der Waals surface area contributed by atoms with Crippen LogP contribution in [0.3, 0.4) is 0 Å². The molecule has 2 aliphatic carbocycles. The van der Waals surface area contributed by atoms with Crippen molar-refractivity contribution in [2.45, 2.75) is 50.7 Å². The molecule has 3 aromatic rings. The average molecular weight is 511 g/mol. The zero-order valence-electron chi connectivity index (χ0n) is 21.3. The van der Waals surface area contributed by atoms with Crippen LogP contribution in [-0.4, -0.2) is 45.2 Å². The van der Waals surface area contributed by atoms with Crippen LogP contribution in [0, 0.1) is 5.92 Å². The van der Waals surface area contributed by atoms with Gasteiger partial charge in [0.2, 0.25) is 11.5 Å². The lowest BCUT2D eigenvalue weighted by atomic mass is 9.90. The lowest BCUT2D eigenvalue weighted by Gasteiger charge is -2.31. The van der Waals surface area contributed by atoms with Crippen LogP contribution in [0.25, 0.3) is 11.1 Å². The number of urea groups is 1. The molecule has 2 N–H and O–H groups in total. The highest BCUT2D eigenvalue weighted by Gasteiger charge is 2.56. The van der Waals surface area contributed by atoms with E-state index in [2.05, 4.69) is 17.2 Å². The lowest BCUT2D eigenvalue weighted by molar-refractivity contribution is -0.141.